The van der Waals surface area contributed by atoms with Gasteiger partial charge in [0.05, 0.1) is 6.54 Å². The second-order valence-corrected chi connectivity index (χ2v) is 6.38. The monoisotopic (exact) mass is 541 g/mol. The minimum Gasteiger partial charge on any atom is -0.356 e. The number of rotatable bonds is 7. The number of hydrogen-bond donors (Lipinski definition) is 3. The Hall–Kier alpha value is -1.43. The van der Waals surface area contributed by atoms with Crippen LogP contribution in [0.5, 0.6) is 0 Å². The Morgan fingerprint density at radius 3 is 2.69 bits per heavy atom. The molecule has 0 aromatic heterocycles. The van der Waals surface area contributed by atoms with E-state index in [1.807, 2.05) is 6.07 Å². The molecule has 1 aliphatic heterocycles. The van der Waals surface area contributed by atoms with Gasteiger partial charge in [0.2, 0.25) is 5.91 Å². The third-order valence-electron chi connectivity index (χ3n) is 3.72. The number of carbonyl (C=O) groups excluding carboxylic acids is 2. The van der Waals surface area contributed by atoms with Gasteiger partial charge in [-0.05, 0) is 30.5 Å². The number of benzene rings is 1. The van der Waals surface area contributed by atoms with Gasteiger partial charge >= 0.3 is 6.03 Å². The fourth-order valence-corrected chi connectivity index (χ4v) is 2.73. The Morgan fingerprint density at radius 2 is 2.08 bits per heavy atom. The zero-order valence-corrected chi connectivity index (χ0v) is 18.3. The maximum atomic E-state index is 13.7. The number of amides is 3. The van der Waals surface area contributed by atoms with Crippen molar-refractivity contribution in [2.75, 3.05) is 33.2 Å². The number of nitrogens with one attached hydrogen (secondary N) is 3. The molecule has 0 unspecified atom stereocenters. The molecule has 2 rings (SSSR count). The molecule has 0 bridgehead atoms. The van der Waals surface area contributed by atoms with Crippen LogP contribution in [0.2, 0.25) is 0 Å². The molecule has 1 saturated heterocycles. The quantitative estimate of drug-likeness (QED) is 0.162. The van der Waals surface area contributed by atoms with E-state index < -0.39 is 0 Å². The van der Waals surface area contributed by atoms with Gasteiger partial charge in [-0.15, -0.1) is 24.0 Å². The minimum atomic E-state index is -0.369. The molecule has 26 heavy (non-hydrogen) atoms. The first-order valence-electron chi connectivity index (χ1n) is 7.98. The van der Waals surface area contributed by atoms with E-state index in [1.54, 1.807) is 13.1 Å². The Morgan fingerprint density at radius 1 is 1.35 bits per heavy atom. The lowest BCUT2D eigenvalue weighted by Gasteiger charge is -2.15. The second-order valence-electron chi connectivity index (χ2n) is 5.47. The average molecular weight is 542 g/mol. The first kappa shape index (κ1) is 22.6. The number of nitrogens with zero attached hydrogens (tertiary/aromatic N) is 2. The molecule has 10 heteroatoms. The molecule has 3 amide bonds. The Bertz CT molecular complexity index is 658. The number of urea groups is 1. The van der Waals surface area contributed by atoms with E-state index in [4.69, 9.17) is 0 Å². The predicted octanol–water partition coefficient (Wildman–Crippen LogP) is 1.86. The highest BCUT2D eigenvalue weighted by Crippen LogP contribution is 2.16. The third-order valence-corrected chi connectivity index (χ3v) is 4.21. The van der Waals surface area contributed by atoms with Crippen LogP contribution in [0.3, 0.4) is 0 Å². The summed E-state index contributed by atoms with van der Waals surface area (Å²) in [7, 11) is 1.64. The molecular weight excluding hydrogens is 520 g/mol. The van der Waals surface area contributed by atoms with Crippen LogP contribution >= 0.6 is 39.9 Å². The number of imide groups is 1. The van der Waals surface area contributed by atoms with E-state index in [0.717, 1.165) is 15.8 Å². The molecule has 0 radical (unpaired) electrons. The Kier molecular flexibility index (Phi) is 9.84. The largest absolute Gasteiger partial charge is 0.356 e. The lowest BCUT2D eigenvalue weighted by atomic mass is 10.1. The molecule has 0 spiro atoms. The van der Waals surface area contributed by atoms with Crippen molar-refractivity contribution in [2.45, 2.75) is 12.8 Å². The number of carbonyl (C=O) groups is 2. The molecule has 1 fully saturated rings. The highest BCUT2D eigenvalue weighted by atomic mass is 127. The summed E-state index contributed by atoms with van der Waals surface area (Å²) < 4.78 is 14.5. The van der Waals surface area contributed by atoms with Crippen molar-refractivity contribution < 1.29 is 14.0 Å². The van der Waals surface area contributed by atoms with Crippen molar-refractivity contribution in [3.8, 4) is 0 Å². The Balaban J connectivity index is 0.00000338. The Labute approximate surface area is 177 Å². The van der Waals surface area contributed by atoms with Crippen molar-refractivity contribution in [2.24, 2.45) is 4.99 Å². The van der Waals surface area contributed by atoms with Crippen molar-refractivity contribution in [3.63, 3.8) is 0 Å². The average Bonchev–Trinajstić information content (AvgIpc) is 2.90. The normalized spacial score (nSPS) is 14.1. The molecule has 0 aliphatic carbocycles. The van der Waals surface area contributed by atoms with Crippen molar-refractivity contribution >= 4 is 57.8 Å². The van der Waals surface area contributed by atoms with Gasteiger partial charge in [-0.2, -0.15) is 0 Å². The van der Waals surface area contributed by atoms with Crippen LogP contribution in [0, 0.1) is 5.82 Å². The van der Waals surface area contributed by atoms with Gasteiger partial charge in [-0.25, -0.2) is 9.18 Å². The number of guanidine groups is 1. The van der Waals surface area contributed by atoms with Gasteiger partial charge in [-0.1, -0.05) is 22.0 Å². The maximum Gasteiger partial charge on any atom is 0.324 e. The van der Waals surface area contributed by atoms with Crippen LogP contribution in [0.25, 0.3) is 0 Å². The maximum absolute atomic E-state index is 13.7. The van der Waals surface area contributed by atoms with E-state index >= 15 is 0 Å². The summed E-state index contributed by atoms with van der Waals surface area (Å²) in [4.78, 5) is 28.1. The zero-order chi connectivity index (χ0) is 18.2. The van der Waals surface area contributed by atoms with Gasteiger partial charge in [0.1, 0.15) is 5.82 Å². The van der Waals surface area contributed by atoms with E-state index in [-0.39, 0.29) is 54.8 Å². The van der Waals surface area contributed by atoms with E-state index in [1.165, 1.54) is 6.07 Å². The molecule has 1 aromatic carbocycles. The first-order chi connectivity index (χ1) is 12.0. The lowest BCUT2D eigenvalue weighted by molar-refractivity contribution is -0.124. The third kappa shape index (κ3) is 6.71. The minimum absolute atomic E-state index is 0. The molecule has 0 atom stereocenters. The van der Waals surface area contributed by atoms with Crippen LogP contribution in [-0.4, -0.2) is 56.0 Å². The van der Waals surface area contributed by atoms with Crippen molar-refractivity contribution in [1.82, 2.24) is 20.9 Å². The lowest BCUT2D eigenvalue weighted by Crippen LogP contribution is -2.43. The summed E-state index contributed by atoms with van der Waals surface area (Å²) in [6.45, 7) is 1.35. The van der Waals surface area contributed by atoms with Crippen molar-refractivity contribution in [3.05, 3.63) is 34.1 Å². The highest BCUT2D eigenvalue weighted by molar-refractivity contribution is 14.0. The fraction of sp³-hybridized carbons (Fsp3) is 0.438. The van der Waals surface area contributed by atoms with Gasteiger partial charge in [0.25, 0.3) is 0 Å². The number of aryl methyl sites for hydroxylation is 1. The summed E-state index contributed by atoms with van der Waals surface area (Å²) >= 11 is 3.24. The predicted molar refractivity (Wildman–Crippen MR) is 112 cm³/mol. The summed E-state index contributed by atoms with van der Waals surface area (Å²) in [6, 6.07) is 4.68. The number of aliphatic imine (C=N–C) groups is 1. The van der Waals surface area contributed by atoms with Crippen LogP contribution in [0.1, 0.15) is 12.0 Å². The number of hydrogen-bond acceptors (Lipinski definition) is 3. The van der Waals surface area contributed by atoms with Gasteiger partial charge < -0.3 is 16.0 Å². The molecule has 1 aliphatic rings. The van der Waals surface area contributed by atoms with E-state index in [9.17, 15) is 14.0 Å². The molecular formula is C16H22BrFIN5O2. The van der Waals surface area contributed by atoms with Gasteiger partial charge in [-0.3, -0.25) is 14.7 Å². The van der Waals surface area contributed by atoms with Crippen LogP contribution in [0.4, 0.5) is 9.18 Å². The summed E-state index contributed by atoms with van der Waals surface area (Å²) in [5.41, 5.74) is 0.673. The molecule has 7 nitrogen and oxygen atoms in total. The van der Waals surface area contributed by atoms with Gasteiger partial charge in [0.15, 0.2) is 5.96 Å². The van der Waals surface area contributed by atoms with E-state index in [0.29, 0.717) is 31.0 Å². The van der Waals surface area contributed by atoms with Crippen LogP contribution in [-0.2, 0) is 11.2 Å². The summed E-state index contributed by atoms with van der Waals surface area (Å²) in [5.74, 6) is 0.125. The number of halogens is 3. The van der Waals surface area contributed by atoms with Gasteiger partial charge in [0, 0.05) is 31.2 Å². The zero-order valence-electron chi connectivity index (χ0n) is 14.3. The highest BCUT2D eigenvalue weighted by Gasteiger charge is 2.27. The SMILES string of the molecule is CN=C(NCCCc1ccc(Br)cc1F)NCCN1C(=O)CNC1=O.I. The first-order valence-corrected chi connectivity index (χ1v) is 8.77. The van der Waals surface area contributed by atoms with Crippen LogP contribution in [0.15, 0.2) is 27.7 Å². The summed E-state index contributed by atoms with van der Waals surface area (Å²) in [6.07, 6.45) is 1.36. The molecule has 1 aromatic rings. The standard InChI is InChI=1S/C16H21BrFN5O2.HI/c1-19-15(21-7-8-23-14(24)10-22-16(23)25)20-6-2-3-11-4-5-12(17)9-13(11)18;/h4-5,9H,2-3,6-8,10H2,1H3,(H,22,25)(H2,19,20,21);1H. The summed E-state index contributed by atoms with van der Waals surface area (Å²) in [5, 5.41) is 8.63. The fourth-order valence-electron chi connectivity index (χ4n) is 2.40. The smallest absolute Gasteiger partial charge is 0.324 e. The second kappa shape index (κ2) is 11.3. The molecule has 1 heterocycles. The molecule has 0 saturated carbocycles. The van der Waals surface area contributed by atoms with Crippen LogP contribution < -0.4 is 16.0 Å². The van der Waals surface area contributed by atoms with E-state index in [2.05, 4.69) is 36.9 Å². The van der Waals surface area contributed by atoms with Crippen molar-refractivity contribution in [1.29, 1.82) is 0 Å². The topological polar surface area (TPSA) is 85.8 Å². The molecule has 144 valence electrons. The molecule has 3 N–H and O–H groups in total.